The highest BCUT2D eigenvalue weighted by Crippen LogP contribution is 2.29. The van der Waals surface area contributed by atoms with E-state index in [0.717, 1.165) is 21.3 Å². The molecule has 0 aliphatic heterocycles. The number of benzene rings is 3. The van der Waals surface area contributed by atoms with Gasteiger partial charge in [0.05, 0.1) is 22.9 Å². The quantitative estimate of drug-likeness (QED) is 0.423. The van der Waals surface area contributed by atoms with E-state index in [0.29, 0.717) is 35.3 Å². The molecule has 0 bridgehead atoms. The van der Waals surface area contributed by atoms with E-state index in [2.05, 4.69) is 27.6 Å². The van der Waals surface area contributed by atoms with Crippen LogP contribution in [0, 0.1) is 0 Å². The number of rotatable bonds is 7. The van der Waals surface area contributed by atoms with Gasteiger partial charge >= 0.3 is 0 Å². The molecule has 1 heterocycles. The molecule has 5 nitrogen and oxygen atoms in total. The van der Waals surface area contributed by atoms with Crippen LogP contribution in [0.3, 0.4) is 0 Å². The van der Waals surface area contributed by atoms with Crippen molar-refractivity contribution in [1.29, 1.82) is 0 Å². The van der Waals surface area contributed by atoms with Gasteiger partial charge in [-0.1, -0.05) is 58.9 Å². The van der Waals surface area contributed by atoms with Crippen molar-refractivity contribution in [3.05, 3.63) is 109 Å². The number of ether oxygens (including phenoxy) is 2. The molecule has 0 saturated heterocycles. The van der Waals surface area contributed by atoms with Gasteiger partial charge in [-0.25, -0.2) is 4.68 Å². The Balaban J connectivity index is 1.65. The van der Waals surface area contributed by atoms with E-state index >= 15 is 0 Å². The van der Waals surface area contributed by atoms with Crippen molar-refractivity contribution in [2.75, 3.05) is 6.61 Å². The van der Waals surface area contributed by atoms with E-state index in [1.807, 2.05) is 85.8 Å². The maximum absolute atomic E-state index is 13.0. The highest BCUT2D eigenvalue weighted by atomic mass is 79.9. The van der Waals surface area contributed by atoms with Gasteiger partial charge in [-0.2, -0.15) is 0 Å². The molecule has 162 valence electrons. The summed E-state index contributed by atoms with van der Waals surface area (Å²) in [5.74, 6) is 1.28. The molecule has 0 unspecified atom stereocenters. The van der Waals surface area contributed by atoms with E-state index < -0.39 is 0 Å². The largest absolute Gasteiger partial charge is 0.490 e. The minimum absolute atomic E-state index is 0.158. The molecule has 0 atom stereocenters. The first-order chi connectivity index (χ1) is 15.5. The second-order valence-corrected chi connectivity index (χ2v) is 8.09. The maximum atomic E-state index is 13.0. The van der Waals surface area contributed by atoms with E-state index in [1.54, 1.807) is 0 Å². The summed E-state index contributed by atoms with van der Waals surface area (Å²) in [5.41, 5.74) is 2.48. The van der Waals surface area contributed by atoms with Crippen LogP contribution in [0.5, 0.6) is 11.5 Å². The summed E-state index contributed by atoms with van der Waals surface area (Å²) < 4.78 is 14.3. The van der Waals surface area contributed by atoms with Crippen LogP contribution in [0.15, 0.2) is 82.1 Å². The molecule has 4 rings (SSSR count). The molecule has 1 N–H and O–H groups in total. The molecule has 1 aromatic heterocycles. The first kappa shape index (κ1) is 21.7. The standard InChI is InChI=1S/C26H23BrN2O3/c1-3-31-25-16-20(11-14-24(25)32-17-19-9-12-21(27)13-10-19)15-23-18(2)28-29(26(23)30)22-7-5-4-6-8-22/h4-16,28H,2-3,17H2,1H3/b23-15-. The fourth-order valence-corrected chi connectivity index (χ4v) is 3.58. The monoisotopic (exact) mass is 490 g/mol. The number of para-hydroxylation sites is 1. The zero-order chi connectivity index (χ0) is 22.5. The molecule has 4 aromatic rings. The number of aromatic amines is 1. The van der Waals surface area contributed by atoms with Crippen molar-refractivity contribution < 1.29 is 9.47 Å². The highest BCUT2D eigenvalue weighted by molar-refractivity contribution is 9.10. The van der Waals surface area contributed by atoms with Crippen LogP contribution in [-0.4, -0.2) is 16.4 Å². The van der Waals surface area contributed by atoms with Crippen molar-refractivity contribution in [2.24, 2.45) is 0 Å². The predicted molar refractivity (Wildman–Crippen MR) is 131 cm³/mol. The molecule has 3 aromatic carbocycles. The van der Waals surface area contributed by atoms with Crippen LogP contribution in [0.2, 0.25) is 0 Å². The second kappa shape index (κ2) is 9.75. The third-order valence-electron chi connectivity index (χ3n) is 4.91. The summed E-state index contributed by atoms with van der Waals surface area (Å²) in [6.07, 6.45) is 1.81. The Morgan fingerprint density at radius 2 is 1.75 bits per heavy atom. The summed E-state index contributed by atoms with van der Waals surface area (Å²) in [5, 5.41) is 4.09. The smallest absolute Gasteiger partial charge is 0.279 e. The third kappa shape index (κ3) is 4.86. The van der Waals surface area contributed by atoms with Crippen LogP contribution < -0.4 is 25.6 Å². The van der Waals surface area contributed by atoms with Gasteiger partial charge in [0.1, 0.15) is 6.61 Å². The molecule has 6 heteroatoms. The number of nitrogens with one attached hydrogen (secondary N) is 1. The van der Waals surface area contributed by atoms with E-state index in [4.69, 9.17) is 9.47 Å². The van der Waals surface area contributed by atoms with E-state index in [1.165, 1.54) is 4.68 Å². The van der Waals surface area contributed by atoms with E-state index in [9.17, 15) is 4.79 Å². The van der Waals surface area contributed by atoms with Gasteiger partial charge in [0, 0.05) is 4.47 Å². The lowest BCUT2D eigenvalue weighted by molar-refractivity contribution is 0.269. The SMILES string of the molecule is C=c1[nH]n(-c2ccccc2)c(=O)/c1=C\c1ccc(OCc2ccc(Br)cc2)c(OCC)c1. The molecule has 0 spiro atoms. The lowest BCUT2D eigenvalue weighted by atomic mass is 10.1. The molecule has 0 aliphatic carbocycles. The first-order valence-corrected chi connectivity index (χ1v) is 11.1. The van der Waals surface area contributed by atoms with Gasteiger partial charge in [0.2, 0.25) is 0 Å². The van der Waals surface area contributed by atoms with E-state index in [-0.39, 0.29) is 5.56 Å². The van der Waals surface area contributed by atoms with Crippen LogP contribution >= 0.6 is 15.9 Å². The van der Waals surface area contributed by atoms with Gasteiger partial charge < -0.3 is 9.47 Å². The topological polar surface area (TPSA) is 56.2 Å². The van der Waals surface area contributed by atoms with Crippen LogP contribution in [0.25, 0.3) is 18.3 Å². The Bertz CT molecular complexity index is 1370. The Labute approximate surface area is 194 Å². The van der Waals surface area contributed by atoms with Crippen molar-refractivity contribution in [3.8, 4) is 17.2 Å². The summed E-state index contributed by atoms with van der Waals surface area (Å²) in [6.45, 7) is 6.86. The summed E-state index contributed by atoms with van der Waals surface area (Å²) in [4.78, 5) is 13.0. The van der Waals surface area contributed by atoms with Crippen LogP contribution in [0.4, 0.5) is 0 Å². The van der Waals surface area contributed by atoms with Crippen molar-refractivity contribution >= 4 is 28.6 Å². The molecule has 0 amide bonds. The molecular formula is C26H23BrN2O3. The lowest BCUT2D eigenvalue weighted by Gasteiger charge is -2.13. The molecule has 0 saturated carbocycles. The van der Waals surface area contributed by atoms with Crippen LogP contribution in [-0.2, 0) is 6.61 Å². The summed E-state index contributed by atoms with van der Waals surface area (Å²) in [7, 11) is 0. The molecule has 32 heavy (non-hydrogen) atoms. The number of hydrogen-bond acceptors (Lipinski definition) is 3. The zero-order valence-corrected chi connectivity index (χ0v) is 19.3. The number of nitrogens with zero attached hydrogens (tertiary/aromatic N) is 1. The molecule has 0 aliphatic rings. The highest BCUT2D eigenvalue weighted by Gasteiger charge is 2.08. The predicted octanol–water partition coefficient (Wildman–Crippen LogP) is 4.14. The normalized spacial score (nSPS) is 11.5. The molecular weight excluding hydrogens is 468 g/mol. The van der Waals surface area contributed by atoms with Gasteiger partial charge in [0.25, 0.3) is 5.56 Å². The minimum atomic E-state index is -0.158. The summed E-state index contributed by atoms with van der Waals surface area (Å²) in [6, 6.07) is 23.0. The van der Waals surface area contributed by atoms with Crippen molar-refractivity contribution in [3.63, 3.8) is 0 Å². The third-order valence-corrected chi connectivity index (χ3v) is 5.43. The number of H-pyrrole nitrogens is 1. The van der Waals surface area contributed by atoms with Crippen LogP contribution in [0.1, 0.15) is 18.1 Å². The van der Waals surface area contributed by atoms with Crippen molar-refractivity contribution in [1.82, 2.24) is 9.78 Å². The average Bonchev–Trinajstić information content (AvgIpc) is 3.09. The van der Waals surface area contributed by atoms with Gasteiger partial charge in [-0.15, -0.1) is 0 Å². The minimum Gasteiger partial charge on any atom is -0.490 e. The van der Waals surface area contributed by atoms with Gasteiger partial charge in [0.15, 0.2) is 11.5 Å². The Morgan fingerprint density at radius 1 is 1.00 bits per heavy atom. The molecule has 0 radical (unpaired) electrons. The number of aromatic nitrogens is 2. The second-order valence-electron chi connectivity index (χ2n) is 7.18. The molecule has 0 fully saturated rings. The Hall–Kier alpha value is -3.51. The fraction of sp³-hybridized carbons (Fsp3) is 0.115. The van der Waals surface area contributed by atoms with Crippen molar-refractivity contribution in [2.45, 2.75) is 13.5 Å². The Kier molecular flexibility index (Phi) is 6.61. The maximum Gasteiger partial charge on any atom is 0.279 e. The van der Waals surface area contributed by atoms with Gasteiger partial charge in [-0.3, -0.25) is 9.89 Å². The fourth-order valence-electron chi connectivity index (χ4n) is 3.31. The number of halogens is 1. The number of hydrogen-bond donors (Lipinski definition) is 1. The zero-order valence-electron chi connectivity index (χ0n) is 17.7. The summed E-state index contributed by atoms with van der Waals surface area (Å²) >= 11 is 3.44. The Morgan fingerprint density at radius 3 is 2.47 bits per heavy atom. The first-order valence-electron chi connectivity index (χ1n) is 10.3. The van der Waals surface area contributed by atoms with Gasteiger partial charge in [-0.05, 0) is 60.5 Å². The lowest BCUT2D eigenvalue weighted by Crippen LogP contribution is -2.33. The average molecular weight is 491 g/mol.